The van der Waals surface area contributed by atoms with E-state index in [0.717, 1.165) is 6.61 Å². The minimum Gasteiger partial charge on any atom is -0.481 e. The van der Waals surface area contributed by atoms with Gasteiger partial charge in [0.25, 0.3) is 0 Å². The summed E-state index contributed by atoms with van der Waals surface area (Å²) >= 11 is 0. The number of benzene rings is 1. The Morgan fingerprint density at radius 2 is 1.54 bits per heavy atom. The molecule has 0 unspecified atom stereocenters. The molecule has 0 aliphatic rings. The van der Waals surface area contributed by atoms with Crippen molar-refractivity contribution in [1.29, 1.82) is 0 Å². The molecule has 1 aromatic carbocycles. The molecule has 13 heavy (non-hydrogen) atoms. The minimum absolute atomic E-state index is 0.118. The van der Waals surface area contributed by atoms with Gasteiger partial charge >= 0.3 is 0 Å². The molecule has 0 aliphatic heterocycles. The summed E-state index contributed by atoms with van der Waals surface area (Å²) in [7, 11) is 0. The Labute approximate surface area is 71.9 Å². The first-order chi connectivity index (χ1) is 6.07. The van der Waals surface area contributed by atoms with Crippen LogP contribution in [0.4, 0.5) is 17.6 Å². The molecule has 0 bridgehead atoms. The molecular weight excluding hydrogens is 188 g/mol. The third kappa shape index (κ3) is 1.74. The van der Waals surface area contributed by atoms with E-state index in [9.17, 15) is 17.6 Å². The lowest BCUT2D eigenvalue weighted by Gasteiger charge is -2.05. The van der Waals surface area contributed by atoms with E-state index in [4.69, 9.17) is 0 Å². The van der Waals surface area contributed by atoms with Crippen LogP contribution >= 0.6 is 0 Å². The van der Waals surface area contributed by atoms with E-state index in [1.807, 2.05) is 0 Å². The zero-order valence-electron chi connectivity index (χ0n) is 6.57. The summed E-state index contributed by atoms with van der Waals surface area (Å²) in [5.74, 6) is -7.14. The zero-order chi connectivity index (χ0) is 10.0. The van der Waals surface area contributed by atoms with Crippen molar-refractivity contribution in [3.8, 4) is 5.75 Å². The van der Waals surface area contributed by atoms with Gasteiger partial charge in [-0.05, 0) is 6.92 Å². The largest absolute Gasteiger partial charge is 0.481 e. The van der Waals surface area contributed by atoms with Crippen LogP contribution in [0.2, 0.25) is 0 Å². The average Bonchev–Trinajstić information content (AvgIpc) is 2.09. The van der Waals surface area contributed by atoms with Gasteiger partial charge in [0.2, 0.25) is 11.6 Å². The predicted octanol–water partition coefficient (Wildman–Crippen LogP) is 2.80. The fourth-order valence-electron chi connectivity index (χ4n) is 0.773. The van der Waals surface area contributed by atoms with Crippen molar-refractivity contribution in [2.75, 3.05) is 0 Å². The third-order valence-electron chi connectivity index (χ3n) is 1.31. The second-order valence-electron chi connectivity index (χ2n) is 2.15. The second-order valence-corrected chi connectivity index (χ2v) is 2.15. The predicted molar refractivity (Wildman–Crippen MR) is 36.9 cm³/mol. The number of hydrogen-bond acceptors (Lipinski definition) is 1. The van der Waals surface area contributed by atoms with E-state index in [0.29, 0.717) is 0 Å². The van der Waals surface area contributed by atoms with E-state index < -0.39 is 29.0 Å². The molecule has 0 spiro atoms. The van der Waals surface area contributed by atoms with Crippen molar-refractivity contribution >= 4 is 0 Å². The summed E-state index contributed by atoms with van der Waals surface area (Å²) in [6.07, 6.45) is 0. The molecule has 1 nitrogen and oxygen atoms in total. The normalized spacial score (nSPS) is 10.2. The molecule has 1 rings (SSSR count). The lowest BCUT2D eigenvalue weighted by Crippen LogP contribution is -2.00. The highest BCUT2D eigenvalue weighted by atomic mass is 19.2. The summed E-state index contributed by atoms with van der Waals surface area (Å²) in [6, 6.07) is 0.118. The molecule has 0 aromatic heterocycles. The maximum absolute atomic E-state index is 12.7. The van der Waals surface area contributed by atoms with Gasteiger partial charge in [0.1, 0.15) is 6.61 Å². The molecule has 0 amide bonds. The standard InChI is InChI=1S/C8H5F4O/c1-2-13-8-6(11)4(9)3-5(10)7(8)12/h2-3H,1H3. The number of halogens is 4. The van der Waals surface area contributed by atoms with Crippen molar-refractivity contribution in [2.45, 2.75) is 6.92 Å². The van der Waals surface area contributed by atoms with Crippen LogP contribution in [0.3, 0.4) is 0 Å². The van der Waals surface area contributed by atoms with Crippen LogP contribution in [0.1, 0.15) is 6.92 Å². The molecule has 0 saturated heterocycles. The van der Waals surface area contributed by atoms with Crippen LogP contribution in [-0.4, -0.2) is 0 Å². The van der Waals surface area contributed by atoms with Crippen LogP contribution in [0, 0.1) is 29.9 Å². The van der Waals surface area contributed by atoms with Gasteiger partial charge in [-0.2, -0.15) is 8.78 Å². The molecule has 5 heteroatoms. The van der Waals surface area contributed by atoms with Gasteiger partial charge in [0, 0.05) is 6.07 Å². The summed E-state index contributed by atoms with van der Waals surface area (Å²) in [6.45, 7) is 2.24. The first kappa shape index (κ1) is 9.83. The Morgan fingerprint density at radius 3 is 1.92 bits per heavy atom. The molecular formula is C8H5F4O. The van der Waals surface area contributed by atoms with Crippen molar-refractivity contribution in [1.82, 2.24) is 0 Å². The van der Waals surface area contributed by atoms with Crippen molar-refractivity contribution < 1.29 is 22.3 Å². The summed E-state index contributed by atoms with van der Waals surface area (Å²) in [5.41, 5.74) is 0. The van der Waals surface area contributed by atoms with Crippen LogP contribution in [-0.2, 0) is 0 Å². The van der Waals surface area contributed by atoms with E-state index in [1.165, 1.54) is 6.92 Å². The molecule has 0 heterocycles. The number of ether oxygens (including phenoxy) is 1. The van der Waals surface area contributed by atoms with Crippen molar-refractivity contribution in [3.05, 3.63) is 35.9 Å². The highest BCUT2D eigenvalue weighted by molar-refractivity contribution is 5.28. The number of hydrogen-bond donors (Lipinski definition) is 0. The van der Waals surface area contributed by atoms with Gasteiger partial charge in [-0.15, -0.1) is 0 Å². The van der Waals surface area contributed by atoms with E-state index in [-0.39, 0.29) is 6.07 Å². The Bertz CT molecular complexity index is 298. The van der Waals surface area contributed by atoms with Crippen LogP contribution < -0.4 is 4.74 Å². The maximum Gasteiger partial charge on any atom is 0.203 e. The highest BCUT2D eigenvalue weighted by Gasteiger charge is 2.19. The lowest BCUT2D eigenvalue weighted by atomic mass is 10.3. The zero-order valence-corrected chi connectivity index (χ0v) is 6.57. The molecule has 71 valence electrons. The van der Waals surface area contributed by atoms with Gasteiger partial charge < -0.3 is 4.74 Å². The maximum atomic E-state index is 12.7. The Hall–Kier alpha value is -1.26. The molecule has 0 aliphatic carbocycles. The van der Waals surface area contributed by atoms with Crippen LogP contribution in [0.25, 0.3) is 0 Å². The van der Waals surface area contributed by atoms with Crippen molar-refractivity contribution in [2.24, 2.45) is 0 Å². The molecule has 0 fully saturated rings. The lowest BCUT2D eigenvalue weighted by molar-refractivity contribution is 0.335. The van der Waals surface area contributed by atoms with Crippen LogP contribution in [0.15, 0.2) is 6.07 Å². The quantitative estimate of drug-likeness (QED) is 0.518. The Kier molecular flexibility index (Phi) is 2.75. The number of rotatable bonds is 2. The fourth-order valence-corrected chi connectivity index (χ4v) is 0.773. The van der Waals surface area contributed by atoms with Gasteiger partial charge in [0.15, 0.2) is 17.4 Å². The smallest absolute Gasteiger partial charge is 0.203 e. The molecule has 0 atom stereocenters. The van der Waals surface area contributed by atoms with E-state index in [1.54, 1.807) is 0 Å². The van der Waals surface area contributed by atoms with Crippen LogP contribution in [0.5, 0.6) is 5.75 Å². The summed E-state index contributed by atoms with van der Waals surface area (Å²) in [4.78, 5) is 0. The summed E-state index contributed by atoms with van der Waals surface area (Å²) in [5, 5.41) is 0. The van der Waals surface area contributed by atoms with Gasteiger partial charge in [-0.3, -0.25) is 0 Å². The first-order valence-electron chi connectivity index (χ1n) is 3.35. The third-order valence-corrected chi connectivity index (χ3v) is 1.31. The second kappa shape index (κ2) is 3.64. The Balaban J connectivity index is 3.28. The van der Waals surface area contributed by atoms with Gasteiger partial charge in [-0.1, -0.05) is 0 Å². The van der Waals surface area contributed by atoms with E-state index in [2.05, 4.69) is 4.74 Å². The molecule has 0 N–H and O–H groups in total. The first-order valence-corrected chi connectivity index (χ1v) is 3.35. The fraction of sp³-hybridized carbons (Fsp3) is 0.125. The average molecular weight is 193 g/mol. The topological polar surface area (TPSA) is 9.23 Å². The summed E-state index contributed by atoms with van der Waals surface area (Å²) < 4.78 is 54.6. The van der Waals surface area contributed by atoms with Crippen molar-refractivity contribution in [3.63, 3.8) is 0 Å². The van der Waals surface area contributed by atoms with Gasteiger partial charge in [-0.25, -0.2) is 8.78 Å². The SMILES string of the molecule is C[CH]Oc1c(F)c(F)cc(F)c1F. The highest BCUT2D eigenvalue weighted by Crippen LogP contribution is 2.26. The Morgan fingerprint density at radius 1 is 1.08 bits per heavy atom. The minimum atomic E-state index is -1.54. The van der Waals surface area contributed by atoms with E-state index >= 15 is 0 Å². The molecule has 1 aromatic rings. The monoisotopic (exact) mass is 193 g/mol. The van der Waals surface area contributed by atoms with Gasteiger partial charge in [0.05, 0.1) is 0 Å². The molecule has 1 radical (unpaired) electrons. The molecule has 0 saturated carbocycles.